The van der Waals surface area contributed by atoms with E-state index in [2.05, 4.69) is 15.6 Å². The molecule has 1 aliphatic carbocycles. The normalized spacial score (nSPS) is 28.9. The van der Waals surface area contributed by atoms with Crippen molar-refractivity contribution in [1.82, 2.24) is 20.0 Å². The number of aromatic nitrogens is 2. The van der Waals surface area contributed by atoms with Gasteiger partial charge in [-0.1, -0.05) is 0 Å². The van der Waals surface area contributed by atoms with E-state index in [1.807, 2.05) is 22.7 Å². The topological polar surface area (TPSA) is 58.4 Å². The lowest BCUT2D eigenvalue weighted by molar-refractivity contribution is 0.0924. The number of carbonyl (C=O) groups is 1. The Hall–Kier alpha value is -1.88. The minimum absolute atomic E-state index is 0.0214. The van der Waals surface area contributed by atoms with Gasteiger partial charge in [-0.25, -0.2) is 4.98 Å². The highest BCUT2D eigenvalue weighted by Gasteiger charge is 2.40. The molecule has 19 heavy (non-hydrogen) atoms. The Balaban J connectivity index is 1.53. The Morgan fingerprint density at radius 3 is 3.16 bits per heavy atom. The van der Waals surface area contributed by atoms with Gasteiger partial charge < -0.3 is 15.0 Å². The van der Waals surface area contributed by atoms with Crippen molar-refractivity contribution in [2.24, 2.45) is 5.92 Å². The summed E-state index contributed by atoms with van der Waals surface area (Å²) in [5.41, 5.74) is 1.70. The number of rotatable bonds is 2. The maximum atomic E-state index is 12.3. The van der Waals surface area contributed by atoms with Crippen molar-refractivity contribution in [1.29, 1.82) is 0 Å². The van der Waals surface area contributed by atoms with Crippen LogP contribution in [0.4, 0.5) is 0 Å². The molecule has 1 saturated carbocycles. The second-order valence-electron chi connectivity index (χ2n) is 5.56. The van der Waals surface area contributed by atoms with Gasteiger partial charge in [-0.3, -0.25) is 4.79 Å². The molecule has 5 nitrogen and oxygen atoms in total. The second kappa shape index (κ2) is 4.06. The van der Waals surface area contributed by atoms with Crippen LogP contribution in [0.15, 0.2) is 30.9 Å². The Morgan fingerprint density at radius 2 is 2.37 bits per heavy atom. The van der Waals surface area contributed by atoms with Crippen LogP contribution in [0, 0.1) is 5.92 Å². The first-order chi connectivity index (χ1) is 9.29. The van der Waals surface area contributed by atoms with Crippen LogP contribution < -0.4 is 10.6 Å². The highest BCUT2D eigenvalue weighted by atomic mass is 16.1. The Morgan fingerprint density at radius 1 is 1.42 bits per heavy atom. The fraction of sp³-hybridized carbons (Fsp3) is 0.429. The van der Waals surface area contributed by atoms with Crippen LogP contribution in [-0.4, -0.2) is 33.9 Å². The Bertz CT molecular complexity index is 635. The monoisotopic (exact) mass is 256 g/mol. The molecular weight excluding hydrogens is 240 g/mol. The minimum atomic E-state index is 0.0214. The van der Waals surface area contributed by atoms with Crippen LogP contribution >= 0.6 is 0 Å². The Kier molecular flexibility index (Phi) is 2.35. The van der Waals surface area contributed by atoms with Crippen LogP contribution in [0.1, 0.15) is 23.2 Å². The summed E-state index contributed by atoms with van der Waals surface area (Å²) in [5.74, 6) is 0.624. The summed E-state index contributed by atoms with van der Waals surface area (Å²) in [6.45, 7) is 1.04. The zero-order chi connectivity index (χ0) is 12.8. The lowest BCUT2D eigenvalue weighted by atomic mass is 10.0. The number of piperidine rings is 1. The van der Waals surface area contributed by atoms with E-state index in [1.54, 1.807) is 12.5 Å². The van der Waals surface area contributed by atoms with E-state index >= 15 is 0 Å². The van der Waals surface area contributed by atoms with E-state index in [-0.39, 0.29) is 5.91 Å². The van der Waals surface area contributed by atoms with Crippen LogP contribution in [0.3, 0.4) is 0 Å². The molecule has 1 aliphatic heterocycles. The molecule has 5 heteroatoms. The van der Waals surface area contributed by atoms with E-state index in [0.717, 1.165) is 18.5 Å². The summed E-state index contributed by atoms with van der Waals surface area (Å²) in [4.78, 5) is 16.3. The fourth-order valence-corrected chi connectivity index (χ4v) is 3.32. The maximum Gasteiger partial charge on any atom is 0.253 e. The first kappa shape index (κ1) is 11.0. The number of nitrogens with zero attached hydrogens (tertiary/aromatic N) is 2. The van der Waals surface area contributed by atoms with E-state index in [4.69, 9.17) is 0 Å². The molecule has 2 bridgehead atoms. The molecule has 0 aromatic carbocycles. The third-order valence-corrected chi connectivity index (χ3v) is 4.35. The van der Waals surface area contributed by atoms with Crippen molar-refractivity contribution >= 4 is 11.4 Å². The average molecular weight is 256 g/mol. The fourth-order valence-electron chi connectivity index (χ4n) is 3.32. The largest absolute Gasteiger partial charge is 0.349 e. The van der Waals surface area contributed by atoms with E-state index in [9.17, 15) is 4.79 Å². The van der Waals surface area contributed by atoms with Crippen molar-refractivity contribution in [3.63, 3.8) is 0 Å². The second-order valence-corrected chi connectivity index (χ2v) is 5.56. The van der Waals surface area contributed by atoms with Crippen LogP contribution in [-0.2, 0) is 0 Å². The number of imidazole rings is 1. The number of carbonyl (C=O) groups excluding carboxylic acids is 1. The van der Waals surface area contributed by atoms with Crippen molar-refractivity contribution < 1.29 is 4.79 Å². The molecule has 4 rings (SSSR count). The molecule has 3 atom stereocenters. The van der Waals surface area contributed by atoms with Crippen molar-refractivity contribution in [2.75, 3.05) is 6.54 Å². The molecule has 0 spiro atoms. The molecule has 1 saturated heterocycles. The van der Waals surface area contributed by atoms with E-state index in [1.165, 1.54) is 6.42 Å². The van der Waals surface area contributed by atoms with Crippen molar-refractivity contribution in [3.8, 4) is 0 Å². The number of hydrogen-bond donors (Lipinski definition) is 2. The van der Waals surface area contributed by atoms with Crippen LogP contribution in [0.2, 0.25) is 0 Å². The number of hydrogen-bond acceptors (Lipinski definition) is 3. The number of pyridine rings is 1. The standard InChI is InChI=1S/C14H16N4O/c19-14(17-13-4-11-3-10(13)5-16-11)9-1-2-12-6-15-8-18(12)7-9/h1-2,6-8,10-11,13,16H,3-5H2,(H,17,19)/t10-,11+,13-/m0/s1. The predicted octanol–water partition coefficient (Wildman–Crippen LogP) is 0.814. The average Bonchev–Trinajstić information content (AvgIpc) is 3.13. The quantitative estimate of drug-likeness (QED) is 0.836. The van der Waals surface area contributed by atoms with Gasteiger partial charge in [-0.15, -0.1) is 0 Å². The summed E-state index contributed by atoms with van der Waals surface area (Å²) in [6, 6.07) is 4.71. The molecule has 2 aromatic rings. The Labute approximate surface area is 111 Å². The van der Waals surface area contributed by atoms with E-state index in [0.29, 0.717) is 23.6 Å². The third-order valence-electron chi connectivity index (χ3n) is 4.35. The molecular formula is C14H16N4O. The summed E-state index contributed by atoms with van der Waals surface area (Å²) >= 11 is 0. The summed E-state index contributed by atoms with van der Waals surface area (Å²) in [5, 5.41) is 6.63. The summed E-state index contributed by atoms with van der Waals surface area (Å²) in [7, 11) is 0. The SMILES string of the molecule is O=C(N[C@H]1C[C@H]2C[C@H]1CN2)c1ccc2cncn2c1. The van der Waals surface area contributed by atoms with Gasteiger partial charge in [0.05, 0.1) is 23.6 Å². The predicted molar refractivity (Wildman–Crippen MR) is 71.0 cm³/mol. The lowest BCUT2D eigenvalue weighted by Gasteiger charge is -2.23. The van der Waals surface area contributed by atoms with Gasteiger partial charge in [0.1, 0.15) is 0 Å². The third kappa shape index (κ3) is 1.81. The van der Waals surface area contributed by atoms with Crippen molar-refractivity contribution in [3.05, 3.63) is 36.4 Å². The van der Waals surface area contributed by atoms with Gasteiger partial charge in [0.2, 0.25) is 0 Å². The molecule has 2 N–H and O–H groups in total. The van der Waals surface area contributed by atoms with E-state index < -0.39 is 0 Å². The van der Waals surface area contributed by atoms with Gasteiger partial charge in [0, 0.05) is 24.8 Å². The van der Waals surface area contributed by atoms with Gasteiger partial charge in [0.15, 0.2) is 0 Å². The van der Waals surface area contributed by atoms with Gasteiger partial charge in [-0.05, 0) is 30.9 Å². The van der Waals surface area contributed by atoms with Crippen LogP contribution in [0.5, 0.6) is 0 Å². The first-order valence-electron chi connectivity index (χ1n) is 6.75. The highest BCUT2D eigenvalue weighted by Crippen LogP contribution is 2.31. The minimum Gasteiger partial charge on any atom is -0.349 e. The highest BCUT2D eigenvalue weighted by molar-refractivity contribution is 5.94. The molecule has 2 fully saturated rings. The zero-order valence-electron chi connectivity index (χ0n) is 10.5. The van der Waals surface area contributed by atoms with Crippen molar-refractivity contribution in [2.45, 2.75) is 24.9 Å². The molecule has 98 valence electrons. The molecule has 2 aliphatic rings. The molecule has 1 amide bonds. The molecule has 3 heterocycles. The summed E-state index contributed by atoms with van der Waals surface area (Å²) in [6.07, 6.45) is 7.59. The number of amides is 1. The molecule has 0 unspecified atom stereocenters. The van der Waals surface area contributed by atoms with Crippen LogP contribution in [0.25, 0.3) is 5.52 Å². The summed E-state index contributed by atoms with van der Waals surface area (Å²) < 4.78 is 1.87. The first-order valence-corrected chi connectivity index (χ1v) is 6.75. The maximum absolute atomic E-state index is 12.3. The number of fused-ring (bicyclic) bond motifs is 3. The smallest absolute Gasteiger partial charge is 0.253 e. The van der Waals surface area contributed by atoms with Gasteiger partial charge >= 0.3 is 0 Å². The molecule has 2 aromatic heterocycles. The van der Waals surface area contributed by atoms with Gasteiger partial charge in [0.25, 0.3) is 5.91 Å². The molecule has 0 radical (unpaired) electrons. The number of nitrogens with one attached hydrogen (secondary N) is 2. The lowest BCUT2D eigenvalue weighted by Crippen LogP contribution is -2.44. The zero-order valence-corrected chi connectivity index (χ0v) is 10.5. The van der Waals surface area contributed by atoms with Gasteiger partial charge in [-0.2, -0.15) is 0 Å².